The summed E-state index contributed by atoms with van der Waals surface area (Å²) in [4.78, 5) is 59.1. The lowest BCUT2D eigenvalue weighted by Gasteiger charge is -2.53. The lowest BCUT2D eigenvalue weighted by atomic mass is 9.78. The molecule has 4 fully saturated rings. The molecular weight excluding hydrogens is 857 g/mol. The third-order valence-electron chi connectivity index (χ3n) is 17.3. The van der Waals surface area contributed by atoms with E-state index >= 15 is 0 Å². The molecule has 4 rings (SSSR count). The standard InChI is InChI=1S/C30H56N2O4.C26H48N2O4/c1-27(2)19-23(20-28(3,4)31(27)9)35-25(33)17-15-13-11-12-14-16-18-26(34)36-24-21-29(5,6)32(10)30(7,8)22-24;1-23(2)15-19(16-24(3,4)27(23)9)31-21(29)13-11-12-14-22(30)32-20-17-25(5,6)28(10)26(7,8)18-20/h23-24H,11-22H2,1-10H3;19-20H,11-18H2,1-10H3. The third kappa shape index (κ3) is 17.5. The molecule has 0 saturated carbocycles. The van der Waals surface area contributed by atoms with E-state index in [-0.39, 0.29) is 92.6 Å². The van der Waals surface area contributed by atoms with Crippen LogP contribution >= 0.6 is 0 Å². The van der Waals surface area contributed by atoms with Crippen LogP contribution in [0.3, 0.4) is 0 Å². The maximum atomic E-state index is 12.4. The molecular formula is C56H104N4O8. The SMILES string of the molecule is CN1C(C)(C)CC(OC(=O)CCCCC(=O)OC2CC(C)(C)N(C)C(C)(C)C2)CC1(C)C.CN1C(C)(C)CC(OC(=O)CCCCCCCCC(=O)OC2CC(C)(C)N(C)C(C)(C)C2)CC1(C)C. The van der Waals surface area contributed by atoms with Gasteiger partial charge >= 0.3 is 23.9 Å². The second-order valence-corrected chi connectivity index (χ2v) is 26.6. The van der Waals surface area contributed by atoms with Crippen LogP contribution in [0, 0.1) is 0 Å². The van der Waals surface area contributed by atoms with Gasteiger partial charge in [0.15, 0.2) is 0 Å². The van der Waals surface area contributed by atoms with Crippen molar-refractivity contribution in [3.8, 4) is 0 Å². The monoisotopic (exact) mass is 961 g/mol. The molecule has 0 radical (unpaired) electrons. The van der Waals surface area contributed by atoms with Gasteiger partial charge in [0.2, 0.25) is 0 Å². The van der Waals surface area contributed by atoms with Gasteiger partial charge in [0.05, 0.1) is 0 Å². The van der Waals surface area contributed by atoms with Crippen molar-refractivity contribution in [2.75, 3.05) is 28.2 Å². The van der Waals surface area contributed by atoms with Gasteiger partial charge < -0.3 is 18.9 Å². The quantitative estimate of drug-likeness (QED) is 0.0739. The smallest absolute Gasteiger partial charge is 0.306 e. The van der Waals surface area contributed by atoms with E-state index in [1.807, 2.05) is 0 Å². The van der Waals surface area contributed by atoms with Gasteiger partial charge in [-0.3, -0.25) is 38.8 Å². The topological polar surface area (TPSA) is 118 Å². The zero-order valence-corrected chi connectivity index (χ0v) is 47.5. The van der Waals surface area contributed by atoms with Crippen LogP contribution in [-0.4, -0.2) is 140 Å². The van der Waals surface area contributed by atoms with Gasteiger partial charge in [0.1, 0.15) is 24.4 Å². The van der Waals surface area contributed by atoms with Gasteiger partial charge in [-0.2, -0.15) is 0 Å². The maximum Gasteiger partial charge on any atom is 0.306 e. The van der Waals surface area contributed by atoms with Gasteiger partial charge in [-0.15, -0.1) is 0 Å². The molecule has 4 saturated heterocycles. The number of unbranched alkanes of at least 4 members (excludes halogenated alkanes) is 6. The van der Waals surface area contributed by atoms with E-state index in [1.54, 1.807) is 0 Å². The normalized spacial score (nSPS) is 25.1. The van der Waals surface area contributed by atoms with E-state index in [9.17, 15) is 19.2 Å². The number of likely N-dealkylation sites (tertiary alicyclic amines) is 4. The van der Waals surface area contributed by atoms with Crippen molar-refractivity contribution in [2.45, 2.75) is 308 Å². The van der Waals surface area contributed by atoms with Crippen molar-refractivity contribution >= 4 is 23.9 Å². The predicted molar refractivity (Wildman–Crippen MR) is 276 cm³/mol. The molecule has 0 N–H and O–H groups in total. The summed E-state index contributed by atoms with van der Waals surface area (Å²) in [6.07, 6.45) is 15.8. The van der Waals surface area contributed by atoms with E-state index in [0.29, 0.717) is 38.5 Å². The number of nitrogens with zero attached hydrogens (tertiary/aromatic N) is 4. The number of carbonyl (C=O) groups excluding carboxylic acids is 4. The first kappa shape index (κ1) is 60.0. The molecule has 0 amide bonds. The number of piperidine rings is 4. The largest absolute Gasteiger partial charge is 0.462 e. The van der Waals surface area contributed by atoms with Gasteiger partial charge in [0.25, 0.3) is 0 Å². The Labute approximate surface area is 416 Å². The molecule has 68 heavy (non-hydrogen) atoms. The lowest BCUT2D eigenvalue weighted by Crippen LogP contribution is -2.60. The molecule has 4 heterocycles. The average Bonchev–Trinajstić information content (AvgIpc) is 3.16. The summed E-state index contributed by atoms with van der Waals surface area (Å²) in [6.45, 7) is 35.4. The number of rotatable bonds is 18. The summed E-state index contributed by atoms with van der Waals surface area (Å²) in [5.74, 6) is -0.421. The molecule has 0 aromatic rings. The Balaban J connectivity index is 0.000000363. The summed E-state index contributed by atoms with van der Waals surface area (Å²) < 4.78 is 23.3. The van der Waals surface area contributed by atoms with Gasteiger partial charge in [-0.1, -0.05) is 25.7 Å². The van der Waals surface area contributed by atoms with Gasteiger partial charge in [-0.25, -0.2) is 0 Å². The highest BCUT2D eigenvalue weighted by Gasteiger charge is 2.47. The van der Waals surface area contributed by atoms with Crippen LogP contribution in [0.2, 0.25) is 0 Å². The molecule has 0 bridgehead atoms. The first-order chi connectivity index (χ1) is 30.9. The number of esters is 4. The minimum absolute atomic E-state index is 0.00474. The van der Waals surface area contributed by atoms with Crippen molar-refractivity contribution in [2.24, 2.45) is 0 Å². The van der Waals surface area contributed by atoms with Crippen LogP contribution < -0.4 is 0 Å². The molecule has 0 unspecified atom stereocenters. The summed E-state index contributed by atoms with van der Waals surface area (Å²) in [5.41, 5.74) is 0.0830. The van der Waals surface area contributed by atoms with Gasteiger partial charge in [0, 0.05) is 121 Å². The van der Waals surface area contributed by atoms with E-state index in [2.05, 4.69) is 159 Å². The fourth-order valence-corrected chi connectivity index (χ4v) is 12.2. The highest BCUT2D eigenvalue weighted by atomic mass is 16.6. The van der Waals surface area contributed by atoms with Crippen molar-refractivity contribution in [3.63, 3.8) is 0 Å². The first-order valence-corrected chi connectivity index (χ1v) is 26.7. The second kappa shape index (κ2) is 23.5. The number of hydrogen-bond acceptors (Lipinski definition) is 12. The van der Waals surface area contributed by atoms with Crippen LogP contribution in [0.5, 0.6) is 0 Å². The van der Waals surface area contributed by atoms with E-state index in [0.717, 1.165) is 89.9 Å². The predicted octanol–water partition coefficient (Wildman–Crippen LogP) is 11.4. The molecule has 4 aliphatic rings. The first-order valence-electron chi connectivity index (χ1n) is 26.7. The average molecular weight is 961 g/mol. The van der Waals surface area contributed by atoms with E-state index in [1.165, 1.54) is 0 Å². The Morgan fingerprint density at radius 3 is 0.588 bits per heavy atom. The molecule has 0 aromatic heterocycles. The highest BCUT2D eigenvalue weighted by Crippen LogP contribution is 2.42. The summed E-state index contributed by atoms with van der Waals surface area (Å²) in [5, 5.41) is 0. The summed E-state index contributed by atoms with van der Waals surface area (Å²) >= 11 is 0. The number of ether oxygens (including phenoxy) is 4. The van der Waals surface area contributed by atoms with E-state index < -0.39 is 0 Å². The van der Waals surface area contributed by atoms with Crippen molar-refractivity contribution in [3.05, 3.63) is 0 Å². The van der Waals surface area contributed by atoms with Crippen molar-refractivity contribution < 1.29 is 38.1 Å². The molecule has 0 aromatic carbocycles. The third-order valence-corrected chi connectivity index (χ3v) is 17.3. The summed E-state index contributed by atoms with van der Waals surface area (Å²) in [7, 11) is 8.62. The molecule has 0 atom stereocenters. The second-order valence-electron chi connectivity index (χ2n) is 26.6. The lowest BCUT2D eigenvalue weighted by molar-refractivity contribution is -0.161. The Kier molecular flexibility index (Phi) is 20.8. The Morgan fingerprint density at radius 2 is 0.426 bits per heavy atom. The molecule has 0 aliphatic carbocycles. The number of hydrogen-bond donors (Lipinski definition) is 0. The molecule has 4 aliphatic heterocycles. The molecule has 0 spiro atoms. The van der Waals surface area contributed by atoms with Crippen LogP contribution in [-0.2, 0) is 38.1 Å². The number of carbonyl (C=O) groups is 4. The minimum Gasteiger partial charge on any atom is -0.462 e. The molecule has 12 nitrogen and oxygen atoms in total. The van der Waals surface area contributed by atoms with Crippen molar-refractivity contribution in [1.29, 1.82) is 0 Å². The van der Waals surface area contributed by atoms with Crippen molar-refractivity contribution in [1.82, 2.24) is 19.6 Å². The van der Waals surface area contributed by atoms with Crippen LogP contribution in [0.15, 0.2) is 0 Å². The van der Waals surface area contributed by atoms with Crippen LogP contribution in [0.4, 0.5) is 0 Å². The zero-order valence-electron chi connectivity index (χ0n) is 47.5. The Bertz CT molecular complexity index is 1470. The fraction of sp³-hybridized carbons (Fsp3) is 0.929. The Hall–Kier alpha value is -2.28. The summed E-state index contributed by atoms with van der Waals surface area (Å²) in [6, 6.07) is 0. The Morgan fingerprint density at radius 1 is 0.294 bits per heavy atom. The molecule has 396 valence electrons. The highest BCUT2D eigenvalue weighted by molar-refractivity contribution is 5.71. The van der Waals surface area contributed by atoms with Crippen LogP contribution in [0.25, 0.3) is 0 Å². The fourth-order valence-electron chi connectivity index (χ4n) is 12.2. The maximum absolute atomic E-state index is 12.4. The van der Waals surface area contributed by atoms with Crippen LogP contribution in [0.1, 0.15) is 239 Å². The zero-order chi connectivity index (χ0) is 51.9. The van der Waals surface area contributed by atoms with Gasteiger partial charge in [-0.05, 0) is 165 Å². The van der Waals surface area contributed by atoms with E-state index in [4.69, 9.17) is 18.9 Å². The minimum atomic E-state index is -0.154. The molecule has 12 heteroatoms.